The molecule has 1 N–H and O–H groups in total. The van der Waals surface area contributed by atoms with Crippen molar-refractivity contribution in [3.63, 3.8) is 0 Å². The third-order valence-corrected chi connectivity index (χ3v) is 3.21. The molecule has 1 aromatic heterocycles. The smallest absolute Gasteiger partial charge is 0.327 e. The van der Waals surface area contributed by atoms with Crippen molar-refractivity contribution in [3.05, 3.63) is 30.1 Å². The van der Waals surface area contributed by atoms with Crippen molar-refractivity contribution in [1.29, 1.82) is 0 Å². The Bertz CT molecular complexity index is 361. The number of nitrogens with one attached hydrogen (secondary N) is 1. The lowest BCUT2D eigenvalue weighted by Crippen LogP contribution is -2.36. The molecule has 0 aliphatic heterocycles. The highest BCUT2D eigenvalue weighted by molar-refractivity contribution is 5.77. The molecule has 0 bridgehead atoms. The number of aromatic nitrogens is 1. The van der Waals surface area contributed by atoms with Crippen molar-refractivity contribution in [1.82, 2.24) is 10.3 Å². The molecule has 1 saturated carbocycles. The van der Waals surface area contributed by atoms with Gasteiger partial charge in [0.15, 0.2) is 0 Å². The van der Waals surface area contributed by atoms with Gasteiger partial charge in [-0.2, -0.15) is 0 Å². The maximum atomic E-state index is 11.8. The average molecular weight is 234 g/mol. The highest BCUT2D eigenvalue weighted by Crippen LogP contribution is 2.22. The minimum absolute atomic E-state index is 0.245. The number of esters is 1. The van der Waals surface area contributed by atoms with E-state index < -0.39 is 6.04 Å². The van der Waals surface area contributed by atoms with E-state index in [0.29, 0.717) is 6.04 Å². The molecule has 0 aromatic carbocycles. The van der Waals surface area contributed by atoms with Crippen LogP contribution in [0.15, 0.2) is 24.5 Å². The van der Waals surface area contributed by atoms with E-state index in [2.05, 4.69) is 10.3 Å². The van der Waals surface area contributed by atoms with Crippen LogP contribution in [-0.2, 0) is 9.53 Å². The Kier molecular flexibility index (Phi) is 4.09. The standard InChI is InChI=1S/C13H18N2O2/c1-17-13(16)12(10-5-4-8-14-9-10)15-11-6-2-3-7-11/h4-5,8-9,11-12,15H,2-3,6-7H2,1H3. The lowest BCUT2D eigenvalue weighted by molar-refractivity contribution is -0.143. The summed E-state index contributed by atoms with van der Waals surface area (Å²) < 4.78 is 4.85. The summed E-state index contributed by atoms with van der Waals surface area (Å²) in [5.41, 5.74) is 0.867. The zero-order chi connectivity index (χ0) is 12.1. The van der Waals surface area contributed by atoms with Crippen LogP contribution in [0, 0.1) is 0 Å². The van der Waals surface area contributed by atoms with Crippen molar-refractivity contribution in [2.45, 2.75) is 37.8 Å². The van der Waals surface area contributed by atoms with Crippen molar-refractivity contribution < 1.29 is 9.53 Å². The quantitative estimate of drug-likeness (QED) is 0.807. The molecule has 0 radical (unpaired) electrons. The first-order valence-electron chi connectivity index (χ1n) is 6.05. The third-order valence-electron chi connectivity index (χ3n) is 3.21. The average Bonchev–Trinajstić information content (AvgIpc) is 2.89. The fraction of sp³-hybridized carbons (Fsp3) is 0.538. The number of hydrogen-bond acceptors (Lipinski definition) is 4. The monoisotopic (exact) mass is 234 g/mol. The zero-order valence-electron chi connectivity index (χ0n) is 10.1. The molecule has 17 heavy (non-hydrogen) atoms. The van der Waals surface area contributed by atoms with Crippen LogP contribution in [0.2, 0.25) is 0 Å². The van der Waals surface area contributed by atoms with Gasteiger partial charge in [0.2, 0.25) is 0 Å². The van der Waals surface area contributed by atoms with Gasteiger partial charge in [0.25, 0.3) is 0 Å². The van der Waals surface area contributed by atoms with E-state index in [-0.39, 0.29) is 5.97 Å². The lowest BCUT2D eigenvalue weighted by atomic mass is 10.1. The van der Waals surface area contributed by atoms with Gasteiger partial charge in [0, 0.05) is 18.4 Å². The molecule has 0 amide bonds. The minimum atomic E-state index is -0.392. The van der Waals surface area contributed by atoms with Crippen LogP contribution in [-0.4, -0.2) is 24.1 Å². The molecule has 2 rings (SSSR count). The van der Waals surface area contributed by atoms with E-state index >= 15 is 0 Å². The molecular weight excluding hydrogens is 216 g/mol. The molecule has 4 heteroatoms. The van der Waals surface area contributed by atoms with Gasteiger partial charge < -0.3 is 4.74 Å². The van der Waals surface area contributed by atoms with Crippen LogP contribution < -0.4 is 5.32 Å². The van der Waals surface area contributed by atoms with Gasteiger partial charge in [0.1, 0.15) is 6.04 Å². The van der Waals surface area contributed by atoms with Crippen LogP contribution in [0.4, 0.5) is 0 Å². The van der Waals surface area contributed by atoms with Crippen molar-refractivity contribution in [3.8, 4) is 0 Å². The van der Waals surface area contributed by atoms with Crippen molar-refractivity contribution in [2.24, 2.45) is 0 Å². The van der Waals surface area contributed by atoms with Gasteiger partial charge >= 0.3 is 5.97 Å². The second-order valence-corrected chi connectivity index (χ2v) is 4.39. The van der Waals surface area contributed by atoms with Crippen molar-refractivity contribution >= 4 is 5.97 Å². The van der Waals surface area contributed by atoms with E-state index in [9.17, 15) is 4.79 Å². The summed E-state index contributed by atoms with van der Waals surface area (Å²) in [5.74, 6) is -0.245. The largest absolute Gasteiger partial charge is 0.468 e. The van der Waals surface area contributed by atoms with Gasteiger partial charge in [-0.3, -0.25) is 10.3 Å². The zero-order valence-corrected chi connectivity index (χ0v) is 10.1. The fourth-order valence-electron chi connectivity index (χ4n) is 2.29. The van der Waals surface area contributed by atoms with E-state index in [1.54, 1.807) is 12.4 Å². The molecule has 0 saturated heterocycles. The van der Waals surface area contributed by atoms with Gasteiger partial charge in [-0.05, 0) is 24.5 Å². The molecule has 92 valence electrons. The SMILES string of the molecule is COC(=O)C(NC1CCCC1)c1cccnc1. The number of rotatable bonds is 4. The maximum Gasteiger partial charge on any atom is 0.327 e. The highest BCUT2D eigenvalue weighted by atomic mass is 16.5. The minimum Gasteiger partial charge on any atom is -0.468 e. The van der Waals surface area contributed by atoms with E-state index in [4.69, 9.17) is 4.74 Å². The Labute approximate surface area is 101 Å². The van der Waals surface area contributed by atoms with Crippen LogP contribution in [0.25, 0.3) is 0 Å². The Hall–Kier alpha value is -1.42. The summed E-state index contributed by atoms with van der Waals surface area (Å²) >= 11 is 0. The van der Waals surface area contributed by atoms with Gasteiger partial charge in [-0.15, -0.1) is 0 Å². The van der Waals surface area contributed by atoms with Crippen LogP contribution in [0.3, 0.4) is 0 Å². The molecule has 1 atom stereocenters. The second kappa shape index (κ2) is 5.77. The first kappa shape index (κ1) is 12.0. The number of nitrogens with zero attached hydrogens (tertiary/aromatic N) is 1. The third kappa shape index (κ3) is 3.03. The Morgan fingerprint density at radius 3 is 2.88 bits per heavy atom. The van der Waals surface area contributed by atoms with Gasteiger partial charge in [-0.25, -0.2) is 4.79 Å². The first-order valence-corrected chi connectivity index (χ1v) is 6.05. The molecule has 1 heterocycles. The molecule has 1 aliphatic rings. The second-order valence-electron chi connectivity index (χ2n) is 4.39. The topological polar surface area (TPSA) is 51.2 Å². The van der Waals surface area contributed by atoms with E-state index in [0.717, 1.165) is 18.4 Å². The molecule has 1 aromatic rings. The predicted octanol–water partition coefficient (Wildman–Crippen LogP) is 1.83. The molecular formula is C13H18N2O2. The molecule has 0 spiro atoms. The summed E-state index contributed by atoms with van der Waals surface area (Å²) in [6.45, 7) is 0. The molecule has 1 aliphatic carbocycles. The molecule has 4 nitrogen and oxygen atoms in total. The van der Waals surface area contributed by atoms with Crippen LogP contribution in [0.1, 0.15) is 37.3 Å². The summed E-state index contributed by atoms with van der Waals surface area (Å²) in [4.78, 5) is 15.8. The summed E-state index contributed by atoms with van der Waals surface area (Å²) in [5, 5.41) is 3.37. The van der Waals surface area contributed by atoms with Crippen molar-refractivity contribution in [2.75, 3.05) is 7.11 Å². The first-order chi connectivity index (χ1) is 8.31. The molecule has 1 fully saturated rings. The number of ether oxygens (including phenoxy) is 1. The van der Waals surface area contributed by atoms with Crippen LogP contribution in [0.5, 0.6) is 0 Å². The van der Waals surface area contributed by atoms with E-state index in [1.165, 1.54) is 20.0 Å². The number of pyridine rings is 1. The summed E-state index contributed by atoms with van der Waals surface area (Å²) in [6, 6.07) is 3.76. The Morgan fingerprint density at radius 1 is 1.53 bits per heavy atom. The number of carbonyl (C=O) groups excluding carboxylic acids is 1. The van der Waals surface area contributed by atoms with E-state index in [1.807, 2.05) is 12.1 Å². The Balaban J connectivity index is 2.10. The Morgan fingerprint density at radius 2 is 2.29 bits per heavy atom. The molecule has 1 unspecified atom stereocenters. The van der Waals surface area contributed by atoms with Gasteiger partial charge in [0.05, 0.1) is 7.11 Å². The number of hydrogen-bond donors (Lipinski definition) is 1. The predicted molar refractivity (Wildman–Crippen MR) is 64.4 cm³/mol. The number of methoxy groups -OCH3 is 1. The fourth-order valence-corrected chi connectivity index (χ4v) is 2.29. The number of carbonyl (C=O) groups is 1. The summed E-state index contributed by atoms with van der Waals surface area (Å²) in [6.07, 6.45) is 8.15. The highest BCUT2D eigenvalue weighted by Gasteiger charge is 2.26. The maximum absolute atomic E-state index is 11.8. The van der Waals surface area contributed by atoms with Gasteiger partial charge in [-0.1, -0.05) is 18.9 Å². The summed E-state index contributed by atoms with van der Waals surface area (Å²) in [7, 11) is 1.42. The lowest BCUT2D eigenvalue weighted by Gasteiger charge is -2.20. The normalized spacial score (nSPS) is 17.9. The van der Waals surface area contributed by atoms with Crippen LogP contribution >= 0.6 is 0 Å².